The van der Waals surface area contributed by atoms with Crippen molar-refractivity contribution in [3.05, 3.63) is 83.1 Å². The van der Waals surface area contributed by atoms with Gasteiger partial charge in [-0.3, -0.25) is 4.79 Å². The molecular formula is C20H20ClNO3. The number of ether oxygens (including phenoxy) is 1. The minimum Gasteiger partial charge on any atom is -0.457 e. The van der Waals surface area contributed by atoms with Crippen LogP contribution in [0.15, 0.2) is 72.5 Å². The molecule has 0 aliphatic carbocycles. The molecule has 5 heteroatoms. The summed E-state index contributed by atoms with van der Waals surface area (Å²) in [5.41, 5.74) is 2.47. The second kappa shape index (κ2) is 8.49. The van der Waals surface area contributed by atoms with Crippen LogP contribution in [-0.2, 0) is 14.3 Å². The molecule has 1 aliphatic heterocycles. The Hall–Kier alpha value is -2.59. The lowest BCUT2D eigenvalue weighted by molar-refractivity contribution is -0.138. The highest BCUT2D eigenvalue weighted by Crippen LogP contribution is 2.34. The maximum atomic E-state index is 12.7. The molecule has 0 radical (unpaired) electrons. The van der Waals surface area contributed by atoms with Crippen molar-refractivity contribution in [1.82, 2.24) is 5.32 Å². The van der Waals surface area contributed by atoms with Gasteiger partial charge in [-0.05, 0) is 30.2 Å². The number of allylic oxidation sites excluding steroid dienone is 3. The van der Waals surface area contributed by atoms with E-state index in [1.54, 1.807) is 43.4 Å². The van der Waals surface area contributed by atoms with Crippen molar-refractivity contribution in [3.63, 3.8) is 0 Å². The summed E-state index contributed by atoms with van der Waals surface area (Å²) in [6.07, 6.45) is 5.09. The van der Waals surface area contributed by atoms with Crippen LogP contribution in [0.3, 0.4) is 0 Å². The average molecular weight is 358 g/mol. The minimum absolute atomic E-state index is 0.0847. The third kappa shape index (κ3) is 4.70. The number of benzene rings is 1. The Morgan fingerprint density at radius 2 is 2.20 bits per heavy atom. The van der Waals surface area contributed by atoms with Crippen LogP contribution in [0.4, 0.5) is 0 Å². The maximum absolute atomic E-state index is 12.7. The van der Waals surface area contributed by atoms with Crippen LogP contribution in [0, 0.1) is 0 Å². The Labute approximate surface area is 152 Å². The number of hydrogen-bond donors (Lipinski definition) is 1. The van der Waals surface area contributed by atoms with Crippen molar-refractivity contribution in [2.24, 2.45) is 0 Å². The second-order valence-electron chi connectivity index (χ2n) is 5.66. The van der Waals surface area contributed by atoms with E-state index in [9.17, 15) is 9.59 Å². The first kappa shape index (κ1) is 18.7. The zero-order valence-electron chi connectivity index (χ0n) is 14.0. The second-order valence-corrected chi connectivity index (χ2v) is 6.09. The molecule has 0 saturated heterocycles. The van der Waals surface area contributed by atoms with E-state index < -0.39 is 11.9 Å². The average Bonchev–Trinajstić information content (AvgIpc) is 2.57. The molecule has 130 valence electrons. The Kier molecular flexibility index (Phi) is 6.37. The van der Waals surface area contributed by atoms with E-state index in [2.05, 4.69) is 18.5 Å². The molecule has 0 bridgehead atoms. The minimum atomic E-state index is -0.473. The van der Waals surface area contributed by atoms with Gasteiger partial charge in [0.05, 0.1) is 5.57 Å². The number of esters is 1. The highest BCUT2D eigenvalue weighted by Gasteiger charge is 2.32. The van der Waals surface area contributed by atoms with E-state index in [0.29, 0.717) is 16.3 Å². The van der Waals surface area contributed by atoms with Gasteiger partial charge in [0.15, 0.2) is 0 Å². The Balaban J connectivity index is 2.30. The lowest BCUT2D eigenvalue weighted by atomic mass is 9.84. The number of nitrogens with one attached hydrogen (secondary N) is 1. The zero-order valence-corrected chi connectivity index (χ0v) is 14.8. The van der Waals surface area contributed by atoms with E-state index in [0.717, 1.165) is 11.1 Å². The van der Waals surface area contributed by atoms with Crippen LogP contribution < -0.4 is 5.32 Å². The van der Waals surface area contributed by atoms with Crippen LogP contribution >= 0.6 is 11.6 Å². The molecule has 0 fully saturated rings. The molecule has 0 saturated carbocycles. The highest BCUT2D eigenvalue weighted by molar-refractivity contribution is 6.30. The van der Waals surface area contributed by atoms with Crippen LogP contribution in [0.25, 0.3) is 0 Å². The number of hydrogen-bond acceptors (Lipinski definition) is 3. The molecule has 1 atom stereocenters. The van der Waals surface area contributed by atoms with E-state index in [4.69, 9.17) is 16.3 Å². The van der Waals surface area contributed by atoms with E-state index >= 15 is 0 Å². The summed E-state index contributed by atoms with van der Waals surface area (Å²) in [4.78, 5) is 24.6. The fourth-order valence-corrected chi connectivity index (χ4v) is 2.93. The van der Waals surface area contributed by atoms with Crippen molar-refractivity contribution in [2.75, 3.05) is 6.61 Å². The number of carbonyl (C=O) groups is 2. The van der Waals surface area contributed by atoms with Crippen molar-refractivity contribution in [3.8, 4) is 0 Å². The Morgan fingerprint density at radius 3 is 2.84 bits per heavy atom. The quantitative estimate of drug-likeness (QED) is 0.617. The van der Waals surface area contributed by atoms with Crippen LogP contribution in [0.5, 0.6) is 0 Å². The van der Waals surface area contributed by atoms with Gasteiger partial charge >= 0.3 is 5.97 Å². The Morgan fingerprint density at radius 1 is 1.44 bits per heavy atom. The first-order chi connectivity index (χ1) is 12.0. The first-order valence-electron chi connectivity index (χ1n) is 7.83. The Bertz CT molecular complexity index is 777. The normalized spacial score (nSPS) is 17.8. The fourth-order valence-electron chi connectivity index (χ4n) is 2.73. The third-order valence-corrected chi connectivity index (χ3v) is 4.14. The lowest BCUT2D eigenvalue weighted by Crippen LogP contribution is -2.34. The SMILES string of the molecule is C=C/C=C(\C=C)COC(=O)C1=C(C)NC(=O)CC1c1cccc(Cl)c1. The molecule has 1 heterocycles. The van der Waals surface area contributed by atoms with Gasteiger partial charge in [0.2, 0.25) is 5.91 Å². The van der Waals surface area contributed by atoms with Crippen LogP contribution in [0.2, 0.25) is 5.02 Å². The van der Waals surface area contributed by atoms with Gasteiger partial charge in [0, 0.05) is 23.1 Å². The van der Waals surface area contributed by atoms with Gasteiger partial charge in [0.1, 0.15) is 6.61 Å². The predicted octanol–water partition coefficient (Wildman–Crippen LogP) is 4.06. The van der Waals surface area contributed by atoms with Gasteiger partial charge in [-0.15, -0.1) is 0 Å². The standard InChI is InChI=1S/C20H20ClNO3/c1-4-7-14(5-2)12-25-20(24)19-13(3)22-18(23)11-17(19)15-8-6-9-16(21)10-15/h4-10,17H,1-2,11-12H2,3H3,(H,22,23)/b14-7+. The van der Waals surface area contributed by atoms with Crippen molar-refractivity contribution in [1.29, 1.82) is 0 Å². The van der Waals surface area contributed by atoms with Gasteiger partial charge in [-0.25, -0.2) is 4.79 Å². The predicted molar refractivity (Wildman–Crippen MR) is 99.1 cm³/mol. The molecule has 25 heavy (non-hydrogen) atoms. The maximum Gasteiger partial charge on any atom is 0.336 e. The molecular weight excluding hydrogens is 338 g/mol. The monoisotopic (exact) mass is 357 g/mol. The van der Waals surface area contributed by atoms with Crippen LogP contribution in [0.1, 0.15) is 24.8 Å². The smallest absolute Gasteiger partial charge is 0.336 e. The first-order valence-corrected chi connectivity index (χ1v) is 8.21. The molecule has 0 aromatic heterocycles. The van der Waals surface area contributed by atoms with Gasteiger partial charge in [-0.1, -0.05) is 55.1 Å². The number of rotatable bonds is 6. The summed E-state index contributed by atoms with van der Waals surface area (Å²) in [6.45, 7) is 9.07. The van der Waals surface area contributed by atoms with E-state index in [1.807, 2.05) is 6.07 Å². The molecule has 1 amide bonds. The summed E-state index contributed by atoms with van der Waals surface area (Å²) in [6, 6.07) is 7.16. The van der Waals surface area contributed by atoms with Crippen molar-refractivity contribution in [2.45, 2.75) is 19.3 Å². The topological polar surface area (TPSA) is 55.4 Å². The largest absolute Gasteiger partial charge is 0.457 e. The third-order valence-electron chi connectivity index (χ3n) is 3.90. The summed E-state index contributed by atoms with van der Waals surface area (Å²) in [5, 5.41) is 3.26. The van der Waals surface area contributed by atoms with Crippen LogP contribution in [-0.4, -0.2) is 18.5 Å². The molecule has 0 spiro atoms. The number of halogens is 1. The van der Waals surface area contributed by atoms with Crippen molar-refractivity contribution >= 4 is 23.5 Å². The van der Waals surface area contributed by atoms with E-state index in [-0.39, 0.29) is 18.9 Å². The molecule has 2 rings (SSSR count). The van der Waals surface area contributed by atoms with Gasteiger partial charge < -0.3 is 10.1 Å². The molecule has 1 aliphatic rings. The number of amides is 1. The molecule has 1 aromatic rings. The summed E-state index contributed by atoms with van der Waals surface area (Å²) in [7, 11) is 0. The van der Waals surface area contributed by atoms with Gasteiger partial charge in [0.25, 0.3) is 0 Å². The number of carbonyl (C=O) groups excluding carboxylic acids is 2. The molecule has 1 N–H and O–H groups in total. The highest BCUT2D eigenvalue weighted by atomic mass is 35.5. The van der Waals surface area contributed by atoms with Crippen molar-refractivity contribution < 1.29 is 14.3 Å². The summed E-state index contributed by atoms with van der Waals surface area (Å²) >= 11 is 6.06. The lowest BCUT2D eigenvalue weighted by Gasteiger charge is -2.26. The van der Waals surface area contributed by atoms with E-state index in [1.165, 1.54) is 0 Å². The fraction of sp³-hybridized carbons (Fsp3) is 0.200. The molecule has 4 nitrogen and oxygen atoms in total. The van der Waals surface area contributed by atoms with Gasteiger partial charge in [-0.2, -0.15) is 0 Å². The molecule has 1 aromatic carbocycles. The summed E-state index contributed by atoms with van der Waals surface area (Å²) < 4.78 is 5.41. The zero-order chi connectivity index (χ0) is 18.4. The summed E-state index contributed by atoms with van der Waals surface area (Å²) in [5.74, 6) is -1.01. The molecule has 1 unspecified atom stereocenters.